The van der Waals surface area contributed by atoms with Crippen LogP contribution in [0.4, 0.5) is 0 Å². The highest BCUT2D eigenvalue weighted by molar-refractivity contribution is 7.11. The Kier molecular flexibility index (Phi) is 5.03. The molecule has 1 aliphatic rings. The molecular weight excluding hydrogens is 358 g/mol. The summed E-state index contributed by atoms with van der Waals surface area (Å²) in [6.07, 6.45) is 6.66. The fraction of sp³-hybridized carbons (Fsp3) is 0.400. The molecule has 140 valence electrons. The average molecular weight is 382 g/mol. The van der Waals surface area contributed by atoms with E-state index in [-0.39, 0.29) is 11.8 Å². The number of piperidine rings is 1. The number of carbonyl (C=O) groups excluding carboxylic acids is 1. The maximum atomic E-state index is 12.9. The first-order chi connectivity index (χ1) is 13.2. The second-order valence-electron chi connectivity index (χ2n) is 6.84. The zero-order valence-corrected chi connectivity index (χ0v) is 16.4. The quantitative estimate of drug-likeness (QED) is 0.692. The molecule has 1 fully saturated rings. The molecule has 0 radical (unpaired) electrons. The van der Waals surface area contributed by atoms with Crippen molar-refractivity contribution >= 4 is 17.2 Å². The molecule has 27 heavy (non-hydrogen) atoms. The van der Waals surface area contributed by atoms with E-state index in [2.05, 4.69) is 23.0 Å². The van der Waals surface area contributed by atoms with Crippen molar-refractivity contribution in [2.75, 3.05) is 13.1 Å². The van der Waals surface area contributed by atoms with Gasteiger partial charge in [-0.15, -0.1) is 11.3 Å². The van der Waals surface area contributed by atoms with Crippen molar-refractivity contribution in [3.8, 4) is 5.82 Å². The lowest BCUT2D eigenvalue weighted by atomic mass is 9.94. The molecule has 3 aromatic heterocycles. The second-order valence-corrected chi connectivity index (χ2v) is 7.70. The highest BCUT2D eigenvalue weighted by Crippen LogP contribution is 2.28. The van der Waals surface area contributed by atoms with Gasteiger partial charge in [-0.25, -0.2) is 15.0 Å². The Balaban J connectivity index is 1.56. The van der Waals surface area contributed by atoms with Crippen molar-refractivity contribution in [2.45, 2.75) is 39.0 Å². The number of rotatable bonds is 4. The van der Waals surface area contributed by atoms with Crippen molar-refractivity contribution in [1.82, 2.24) is 24.4 Å². The van der Waals surface area contributed by atoms with Gasteiger partial charge in [-0.2, -0.15) is 0 Å². The number of carbonyl (C=O) groups is 1. The molecule has 6 nitrogen and oxygen atoms in total. The summed E-state index contributed by atoms with van der Waals surface area (Å²) < 4.78 is 2.04. The van der Waals surface area contributed by atoms with Crippen LogP contribution in [0, 0.1) is 6.92 Å². The average Bonchev–Trinajstić information content (AvgIpc) is 3.36. The molecule has 3 aromatic rings. The lowest BCUT2D eigenvalue weighted by molar-refractivity contribution is 0.0710. The van der Waals surface area contributed by atoms with E-state index in [0.717, 1.165) is 53.7 Å². The van der Waals surface area contributed by atoms with Gasteiger partial charge >= 0.3 is 0 Å². The topological polar surface area (TPSA) is 63.9 Å². The summed E-state index contributed by atoms with van der Waals surface area (Å²) in [5, 5.41) is 0. The van der Waals surface area contributed by atoms with E-state index in [0.29, 0.717) is 6.54 Å². The van der Waals surface area contributed by atoms with Crippen LogP contribution < -0.4 is 0 Å². The Bertz CT molecular complexity index is 947. The van der Waals surface area contributed by atoms with Crippen LogP contribution in [0.15, 0.2) is 36.1 Å². The molecule has 0 spiro atoms. The van der Waals surface area contributed by atoms with E-state index in [1.165, 1.54) is 11.3 Å². The van der Waals surface area contributed by atoms with E-state index >= 15 is 0 Å². The third-order valence-corrected chi connectivity index (χ3v) is 6.02. The number of aryl methyl sites for hydroxylation is 2. The van der Waals surface area contributed by atoms with Crippen LogP contribution >= 0.6 is 11.3 Å². The molecule has 1 amide bonds. The summed E-state index contributed by atoms with van der Waals surface area (Å²) in [7, 11) is 0. The molecule has 4 rings (SSSR count). The largest absolute Gasteiger partial charge is 0.337 e. The van der Waals surface area contributed by atoms with Crippen molar-refractivity contribution in [2.24, 2.45) is 0 Å². The van der Waals surface area contributed by atoms with Gasteiger partial charge in [0.25, 0.3) is 5.91 Å². The second kappa shape index (κ2) is 7.60. The Morgan fingerprint density at radius 3 is 3.00 bits per heavy atom. The molecule has 0 saturated carbocycles. The van der Waals surface area contributed by atoms with Gasteiger partial charge in [0.1, 0.15) is 16.5 Å². The number of imidazole rings is 1. The molecule has 1 atom stereocenters. The van der Waals surface area contributed by atoms with Crippen LogP contribution in [0.1, 0.15) is 52.6 Å². The summed E-state index contributed by atoms with van der Waals surface area (Å²) >= 11 is 1.42. The highest BCUT2D eigenvalue weighted by Gasteiger charge is 2.28. The van der Waals surface area contributed by atoms with E-state index < -0.39 is 0 Å². The number of likely N-dealkylation sites (tertiary alicyclic amines) is 1. The smallest absolute Gasteiger partial charge is 0.265 e. The molecule has 4 heterocycles. The molecule has 1 saturated heterocycles. The predicted molar refractivity (Wildman–Crippen MR) is 105 cm³/mol. The Labute approximate surface area is 162 Å². The summed E-state index contributed by atoms with van der Waals surface area (Å²) in [6, 6.07) is 6.13. The van der Waals surface area contributed by atoms with E-state index in [1.807, 2.05) is 40.9 Å². The number of pyridine rings is 1. The molecule has 7 heteroatoms. The summed E-state index contributed by atoms with van der Waals surface area (Å²) in [6.45, 7) is 5.49. The Morgan fingerprint density at radius 1 is 1.33 bits per heavy atom. The van der Waals surface area contributed by atoms with Crippen molar-refractivity contribution < 1.29 is 4.79 Å². The molecule has 0 aromatic carbocycles. The predicted octanol–water partition coefficient (Wildman–Crippen LogP) is 3.61. The first-order valence-electron chi connectivity index (χ1n) is 9.36. The zero-order valence-electron chi connectivity index (χ0n) is 15.6. The van der Waals surface area contributed by atoms with E-state index in [4.69, 9.17) is 4.98 Å². The van der Waals surface area contributed by atoms with Crippen LogP contribution in [0.2, 0.25) is 0 Å². The molecule has 0 aliphatic carbocycles. The summed E-state index contributed by atoms with van der Waals surface area (Å²) in [5.74, 6) is 2.24. The maximum Gasteiger partial charge on any atom is 0.265 e. The number of thiazole rings is 1. The number of nitrogens with zero attached hydrogens (tertiary/aromatic N) is 5. The monoisotopic (exact) mass is 381 g/mol. The number of hydrogen-bond donors (Lipinski definition) is 0. The van der Waals surface area contributed by atoms with Gasteiger partial charge in [0.15, 0.2) is 0 Å². The molecule has 1 aliphatic heterocycles. The molecule has 0 bridgehead atoms. The van der Waals surface area contributed by atoms with Gasteiger partial charge in [0, 0.05) is 43.5 Å². The molecule has 0 N–H and O–H groups in total. The van der Waals surface area contributed by atoms with Crippen LogP contribution in [-0.4, -0.2) is 43.4 Å². The fourth-order valence-electron chi connectivity index (χ4n) is 3.66. The Morgan fingerprint density at radius 2 is 2.22 bits per heavy atom. The van der Waals surface area contributed by atoms with Crippen LogP contribution in [-0.2, 0) is 6.42 Å². The van der Waals surface area contributed by atoms with Crippen molar-refractivity contribution in [3.05, 3.63) is 58.2 Å². The van der Waals surface area contributed by atoms with E-state index in [9.17, 15) is 4.79 Å². The minimum atomic E-state index is 0.0960. The van der Waals surface area contributed by atoms with Gasteiger partial charge in [-0.05, 0) is 31.9 Å². The number of aromatic nitrogens is 4. The van der Waals surface area contributed by atoms with Gasteiger partial charge < -0.3 is 4.90 Å². The SMILES string of the molecule is CCc1nccn1-c1cccc([C@H]2CCCN(C(=O)c3scnc3C)C2)n1. The highest BCUT2D eigenvalue weighted by atomic mass is 32.1. The van der Waals surface area contributed by atoms with E-state index in [1.54, 1.807) is 5.51 Å². The zero-order chi connectivity index (χ0) is 18.8. The van der Waals surface area contributed by atoms with Gasteiger partial charge in [0.2, 0.25) is 0 Å². The normalized spacial score (nSPS) is 17.3. The third-order valence-electron chi connectivity index (χ3n) is 5.10. The van der Waals surface area contributed by atoms with Crippen LogP contribution in [0.3, 0.4) is 0 Å². The fourth-order valence-corrected chi connectivity index (χ4v) is 4.43. The third kappa shape index (κ3) is 3.51. The minimum absolute atomic E-state index is 0.0960. The van der Waals surface area contributed by atoms with Crippen LogP contribution in [0.5, 0.6) is 0 Å². The first kappa shape index (κ1) is 17.9. The van der Waals surface area contributed by atoms with Crippen LogP contribution in [0.25, 0.3) is 5.82 Å². The number of hydrogen-bond acceptors (Lipinski definition) is 5. The van der Waals surface area contributed by atoms with Gasteiger partial charge in [-0.1, -0.05) is 13.0 Å². The van der Waals surface area contributed by atoms with Gasteiger partial charge in [0.05, 0.1) is 11.2 Å². The lowest BCUT2D eigenvalue weighted by Gasteiger charge is -2.32. The van der Waals surface area contributed by atoms with Gasteiger partial charge in [-0.3, -0.25) is 9.36 Å². The minimum Gasteiger partial charge on any atom is -0.337 e. The molecular formula is C20H23N5OS. The lowest BCUT2D eigenvalue weighted by Crippen LogP contribution is -2.39. The number of amides is 1. The van der Waals surface area contributed by atoms with Crippen molar-refractivity contribution in [1.29, 1.82) is 0 Å². The molecule has 0 unspecified atom stereocenters. The maximum absolute atomic E-state index is 12.9. The first-order valence-corrected chi connectivity index (χ1v) is 10.2. The standard InChI is InChI=1S/C20H23N5OS/c1-3-17-21-9-11-25(17)18-8-4-7-16(23-18)15-6-5-10-24(12-15)20(26)19-14(2)22-13-27-19/h4,7-9,11,13,15H,3,5-6,10,12H2,1-2H3/t15-/m0/s1. The summed E-state index contributed by atoms with van der Waals surface area (Å²) in [5.41, 5.74) is 3.60. The van der Waals surface area contributed by atoms with Crippen molar-refractivity contribution in [3.63, 3.8) is 0 Å². The Hall–Kier alpha value is -2.54. The summed E-state index contributed by atoms with van der Waals surface area (Å²) in [4.78, 5) is 29.1.